The molecule has 1 fully saturated rings. The lowest BCUT2D eigenvalue weighted by Gasteiger charge is -2.29. The molecule has 6 heteroatoms. The highest BCUT2D eigenvalue weighted by molar-refractivity contribution is 6.30. The molecule has 0 bridgehead atoms. The topological polar surface area (TPSA) is 50.2 Å². The monoisotopic (exact) mass is 422 g/mol. The summed E-state index contributed by atoms with van der Waals surface area (Å²) in [7, 11) is 2.14. The molecule has 30 heavy (non-hydrogen) atoms. The van der Waals surface area contributed by atoms with E-state index in [1.54, 1.807) is 4.68 Å². The molecular weight excluding hydrogens is 396 g/mol. The van der Waals surface area contributed by atoms with Crippen LogP contribution in [0.25, 0.3) is 22.4 Å². The van der Waals surface area contributed by atoms with Crippen LogP contribution in [-0.2, 0) is 11.3 Å². The molecule has 3 aromatic rings. The predicted molar refractivity (Wildman–Crippen MR) is 121 cm³/mol. The number of likely N-dealkylation sites (tertiary alicyclic amines) is 1. The largest absolute Gasteiger partial charge is 0.354 e. The van der Waals surface area contributed by atoms with Crippen molar-refractivity contribution in [1.82, 2.24) is 20.0 Å². The van der Waals surface area contributed by atoms with Gasteiger partial charge in [0.05, 0.1) is 11.9 Å². The maximum Gasteiger partial charge on any atom is 0.241 e. The van der Waals surface area contributed by atoms with E-state index in [-0.39, 0.29) is 12.5 Å². The van der Waals surface area contributed by atoms with E-state index in [4.69, 9.17) is 11.6 Å². The fourth-order valence-corrected chi connectivity index (χ4v) is 4.26. The van der Waals surface area contributed by atoms with Crippen LogP contribution in [0, 0.1) is 5.92 Å². The third kappa shape index (κ3) is 4.91. The Bertz CT molecular complexity index is 984. The first-order chi connectivity index (χ1) is 14.6. The van der Waals surface area contributed by atoms with Gasteiger partial charge in [-0.1, -0.05) is 54.1 Å². The fourth-order valence-electron chi connectivity index (χ4n) is 4.14. The third-order valence-electron chi connectivity index (χ3n) is 5.65. The van der Waals surface area contributed by atoms with Crippen molar-refractivity contribution in [3.63, 3.8) is 0 Å². The molecule has 156 valence electrons. The first-order valence-electron chi connectivity index (χ1n) is 10.4. The van der Waals surface area contributed by atoms with E-state index in [2.05, 4.69) is 22.4 Å². The number of carbonyl (C=O) groups excluding carboxylic acids is 1. The number of hydrogen-bond donors (Lipinski definition) is 1. The number of carbonyl (C=O) groups is 1. The average Bonchev–Trinajstić information content (AvgIpc) is 3.17. The number of hydrogen-bond acceptors (Lipinski definition) is 3. The molecule has 2 heterocycles. The highest BCUT2D eigenvalue weighted by Crippen LogP contribution is 2.32. The van der Waals surface area contributed by atoms with Crippen molar-refractivity contribution in [2.45, 2.75) is 19.4 Å². The van der Waals surface area contributed by atoms with Gasteiger partial charge in [0.15, 0.2) is 0 Å². The highest BCUT2D eigenvalue weighted by Gasteiger charge is 2.19. The number of piperidine rings is 1. The average molecular weight is 423 g/mol. The maximum atomic E-state index is 12.7. The lowest BCUT2D eigenvalue weighted by Crippen LogP contribution is -2.40. The molecule has 0 aliphatic carbocycles. The molecule has 1 unspecified atom stereocenters. The molecule has 0 spiro atoms. The van der Waals surface area contributed by atoms with Crippen LogP contribution in [0.5, 0.6) is 0 Å². The Hall–Kier alpha value is -2.63. The van der Waals surface area contributed by atoms with Crippen molar-refractivity contribution >= 4 is 17.5 Å². The van der Waals surface area contributed by atoms with Crippen LogP contribution < -0.4 is 5.32 Å². The second-order valence-electron chi connectivity index (χ2n) is 8.01. The summed E-state index contributed by atoms with van der Waals surface area (Å²) >= 11 is 6.06. The molecule has 5 nitrogen and oxygen atoms in total. The lowest BCUT2D eigenvalue weighted by molar-refractivity contribution is -0.122. The SMILES string of the molecule is CN1CCCC(CNC(=O)Cn2ncc(-c3ccc(Cl)cc3)c2-c2ccccc2)C1. The number of amides is 1. The van der Waals surface area contributed by atoms with Gasteiger partial charge in [-0.25, -0.2) is 0 Å². The third-order valence-corrected chi connectivity index (χ3v) is 5.90. The fraction of sp³-hybridized carbons (Fsp3) is 0.333. The second-order valence-corrected chi connectivity index (χ2v) is 8.45. The van der Waals surface area contributed by atoms with Crippen molar-refractivity contribution in [2.75, 3.05) is 26.7 Å². The van der Waals surface area contributed by atoms with Gasteiger partial charge in [-0.15, -0.1) is 0 Å². The van der Waals surface area contributed by atoms with Crippen molar-refractivity contribution in [3.8, 4) is 22.4 Å². The van der Waals surface area contributed by atoms with Crippen LogP contribution >= 0.6 is 11.6 Å². The minimum Gasteiger partial charge on any atom is -0.354 e. The van der Waals surface area contributed by atoms with Crippen LogP contribution in [0.2, 0.25) is 5.02 Å². The number of benzene rings is 2. The van der Waals surface area contributed by atoms with E-state index in [0.717, 1.165) is 42.0 Å². The zero-order valence-corrected chi connectivity index (χ0v) is 18.0. The molecule has 1 aromatic heterocycles. The first kappa shape index (κ1) is 20.6. The standard InChI is InChI=1S/C24H27ClN4O/c1-28-13-5-6-18(16-28)14-26-23(30)17-29-24(20-7-3-2-4-8-20)22(15-27-29)19-9-11-21(25)12-10-19/h2-4,7-12,15,18H,5-6,13-14,16-17H2,1H3,(H,26,30). The number of nitrogens with one attached hydrogen (secondary N) is 1. The highest BCUT2D eigenvalue weighted by atomic mass is 35.5. The van der Waals surface area contributed by atoms with Gasteiger partial charge in [0, 0.05) is 29.2 Å². The minimum atomic E-state index is -0.00818. The summed E-state index contributed by atoms with van der Waals surface area (Å²) in [5.41, 5.74) is 3.97. The van der Waals surface area contributed by atoms with Crippen molar-refractivity contribution < 1.29 is 4.79 Å². The molecule has 1 aliphatic rings. The predicted octanol–water partition coefficient (Wildman–Crippen LogP) is 4.33. The summed E-state index contributed by atoms with van der Waals surface area (Å²) in [5.74, 6) is 0.509. The Morgan fingerprint density at radius 1 is 1.13 bits per heavy atom. The normalized spacial score (nSPS) is 17.1. The van der Waals surface area contributed by atoms with Crippen LogP contribution in [0.4, 0.5) is 0 Å². The van der Waals surface area contributed by atoms with E-state index in [0.29, 0.717) is 10.9 Å². The summed E-state index contributed by atoms with van der Waals surface area (Å²) < 4.78 is 1.79. The van der Waals surface area contributed by atoms with E-state index in [1.807, 2.05) is 60.8 Å². The molecule has 1 aliphatic heterocycles. The van der Waals surface area contributed by atoms with Crippen molar-refractivity contribution in [3.05, 3.63) is 65.8 Å². The molecule has 1 amide bonds. The van der Waals surface area contributed by atoms with Gasteiger partial charge in [0.25, 0.3) is 0 Å². The summed E-state index contributed by atoms with van der Waals surface area (Å²) in [5, 5.41) is 8.36. The van der Waals surface area contributed by atoms with Crippen LogP contribution in [-0.4, -0.2) is 47.3 Å². The molecule has 0 radical (unpaired) electrons. The Kier molecular flexibility index (Phi) is 6.50. The molecule has 0 saturated carbocycles. The smallest absolute Gasteiger partial charge is 0.241 e. The number of nitrogens with zero attached hydrogens (tertiary/aromatic N) is 3. The van der Waals surface area contributed by atoms with Gasteiger partial charge in [-0.2, -0.15) is 5.10 Å². The van der Waals surface area contributed by atoms with Crippen LogP contribution in [0.3, 0.4) is 0 Å². The minimum absolute atomic E-state index is 0.00818. The summed E-state index contributed by atoms with van der Waals surface area (Å²) in [6.07, 6.45) is 4.19. The van der Waals surface area contributed by atoms with Crippen LogP contribution in [0.15, 0.2) is 60.8 Å². The molecule has 1 N–H and O–H groups in total. The number of halogens is 1. The Balaban J connectivity index is 1.54. The summed E-state index contributed by atoms with van der Waals surface area (Å²) in [6, 6.07) is 17.8. The molecule has 1 saturated heterocycles. The van der Waals surface area contributed by atoms with E-state index in [1.165, 1.54) is 12.8 Å². The quantitative estimate of drug-likeness (QED) is 0.643. The number of aromatic nitrogens is 2. The van der Waals surface area contributed by atoms with E-state index >= 15 is 0 Å². The molecule has 2 aromatic carbocycles. The van der Waals surface area contributed by atoms with Gasteiger partial charge < -0.3 is 10.2 Å². The molecule has 1 atom stereocenters. The Labute approximate surface area is 182 Å². The summed E-state index contributed by atoms with van der Waals surface area (Å²) in [6.45, 7) is 3.10. The Morgan fingerprint density at radius 3 is 2.63 bits per heavy atom. The number of rotatable bonds is 6. The maximum absolute atomic E-state index is 12.7. The Morgan fingerprint density at radius 2 is 1.90 bits per heavy atom. The zero-order chi connectivity index (χ0) is 20.9. The van der Waals surface area contributed by atoms with Gasteiger partial charge in [0.2, 0.25) is 5.91 Å². The van der Waals surface area contributed by atoms with Gasteiger partial charge in [-0.05, 0) is 50.0 Å². The van der Waals surface area contributed by atoms with Crippen LogP contribution in [0.1, 0.15) is 12.8 Å². The summed E-state index contributed by atoms with van der Waals surface area (Å²) in [4.78, 5) is 15.0. The zero-order valence-electron chi connectivity index (χ0n) is 17.2. The molecule has 4 rings (SSSR count). The van der Waals surface area contributed by atoms with Crippen molar-refractivity contribution in [2.24, 2.45) is 5.92 Å². The first-order valence-corrected chi connectivity index (χ1v) is 10.8. The van der Waals surface area contributed by atoms with E-state index < -0.39 is 0 Å². The van der Waals surface area contributed by atoms with Gasteiger partial charge >= 0.3 is 0 Å². The lowest BCUT2D eigenvalue weighted by atomic mass is 9.98. The van der Waals surface area contributed by atoms with Crippen molar-refractivity contribution in [1.29, 1.82) is 0 Å². The second kappa shape index (κ2) is 9.45. The van der Waals surface area contributed by atoms with Gasteiger partial charge in [-0.3, -0.25) is 9.48 Å². The molecular formula is C24H27ClN4O. The van der Waals surface area contributed by atoms with Gasteiger partial charge in [0.1, 0.15) is 6.54 Å². The van der Waals surface area contributed by atoms with E-state index in [9.17, 15) is 4.79 Å².